The predicted molar refractivity (Wildman–Crippen MR) is 58.0 cm³/mol. The molecule has 78 valence electrons. The van der Waals surface area contributed by atoms with Gasteiger partial charge in [0.1, 0.15) is 5.84 Å². The lowest BCUT2D eigenvalue weighted by atomic mass is 10.3. The fourth-order valence-electron chi connectivity index (χ4n) is 0.922. The molecule has 0 unspecified atom stereocenters. The summed E-state index contributed by atoms with van der Waals surface area (Å²) in [4.78, 5) is 4.27. The molecule has 0 radical (unpaired) electrons. The molecule has 0 aliphatic rings. The summed E-state index contributed by atoms with van der Waals surface area (Å²) in [7, 11) is 0. The van der Waals surface area contributed by atoms with Gasteiger partial charge in [-0.3, -0.25) is 0 Å². The third kappa shape index (κ3) is 3.21. The quantitative estimate of drug-likeness (QED) is 0.305. The molecule has 5 nitrogen and oxygen atoms in total. The second-order valence-electron chi connectivity index (χ2n) is 3.21. The van der Waals surface area contributed by atoms with E-state index in [9.17, 15) is 0 Å². The van der Waals surface area contributed by atoms with Crippen LogP contribution in [-0.2, 0) is 6.42 Å². The van der Waals surface area contributed by atoms with Crippen LogP contribution in [0.1, 0.15) is 19.5 Å². The van der Waals surface area contributed by atoms with E-state index in [1.165, 1.54) is 11.3 Å². The Kier molecular flexibility index (Phi) is 3.70. The van der Waals surface area contributed by atoms with Gasteiger partial charge >= 0.3 is 0 Å². The van der Waals surface area contributed by atoms with Gasteiger partial charge < -0.3 is 16.3 Å². The van der Waals surface area contributed by atoms with Gasteiger partial charge in [-0.2, -0.15) is 0 Å². The number of nitrogens with zero attached hydrogens (tertiary/aromatic N) is 2. The number of anilines is 1. The summed E-state index contributed by atoms with van der Waals surface area (Å²) in [6.45, 7) is 4.09. The van der Waals surface area contributed by atoms with E-state index in [1.54, 1.807) is 0 Å². The Bertz CT molecular complexity index is 321. The number of oxime groups is 1. The molecule has 0 spiro atoms. The maximum absolute atomic E-state index is 8.37. The fourth-order valence-corrected chi connectivity index (χ4v) is 1.78. The summed E-state index contributed by atoms with van der Waals surface area (Å²) in [6.07, 6.45) is 0.382. The zero-order valence-corrected chi connectivity index (χ0v) is 9.01. The van der Waals surface area contributed by atoms with Crippen LogP contribution in [0.3, 0.4) is 0 Å². The Morgan fingerprint density at radius 1 is 1.79 bits per heavy atom. The molecule has 14 heavy (non-hydrogen) atoms. The average molecular weight is 214 g/mol. The van der Waals surface area contributed by atoms with E-state index >= 15 is 0 Å². The highest BCUT2D eigenvalue weighted by atomic mass is 32.1. The molecule has 0 saturated carbocycles. The number of thiazole rings is 1. The molecule has 1 aromatic rings. The molecule has 0 aromatic carbocycles. The lowest BCUT2D eigenvalue weighted by molar-refractivity contribution is 0.317. The van der Waals surface area contributed by atoms with Crippen LogP contribution in [0, 0.1) is 0 Å². The molecule has 0 fully saturated rings. The zero-order chi connectivity index (χ0) is 10.6. The van der Waals surface area contributed by atoms with Crippen molar-refractivity contribution in [2.75, 3.05) is 5.32 Å². The van der Waals surface area contributed by atoms with Crippen LogP contribution < -0.4 is 11.1 Å². The van der Waals surface area contributed by atoms with E-state index in [1.807, 2.05) is 19.2 Å². The van der Waals surface area contributed by atoms with E-state index in [4.69, 9.17) is 10.9 Å². The molecule has 0 saturated heterocycles. The number of amidine groups is 1. The molecule has 4 N–H and O–H groups in total. The third-order valence-electron chi connectivity index (χ3n) is 1.45. The highest BCUT2D eigenvalue weighted by molar-refractivity contribution is 7.13. The van der Waals surface area contributed by atoms with Crippen LogP contribution in [0.2, 0.25) is 0 Å². The van der Waals surface area contributed by atoms with Crippen LogP contribution in [-0.4, -0.2) is 22.1 Å². The van der Waals surface area contributed by atoms with Gasteiger partial charge in [0.25, 0.3) is 0 Å². The Balaban J connectivity index is 2.59. The van der Waals surface area contributed by atoms with E-state index < -0.39 is 0 Å². The van der Waals surface area contributed by atoms with Crippen molar-refractivity contribution in [2.24, 2.45) is 10.9 Å². The number of rotatable bonds is 4. The van der Waals surface area contributed by atoms with E-state index in [-0.39, 0.29) is 5.84 Å². The van der Waals surface area contributed by atoms with Crippen molar-refractivity contribution in [1.29, 1.82) is 0 Å². The lowest BCUT2D eigenvalue weighted by Crippen LogP contribution is -2.15. The maximum atomic E-state index is 8.37. The maximum Gasteiger partial charge on any atom is 0.183 e. The number of nitrogens with two attached hydrogens (primary N) is 1. The van der Waals surface area contributed by atoms with Crippen LogP contribution >= 0.6 is 11.3 Å². The summed E-state index contributed by atoms with van der Waals surface area (Å²) >= 11 is 1.52. The molecule has 1 rings (SSSR count). The Labute approximate surface area is 86.6 Å². The summed E-state index contributed by atoms with van der Waals surface area (Å²) in [6, 6.07) is 0.359. The van der Waals surface area contributed by atoms with Gasteiger partial charge in [0.2, 0.25) is 0 Å². The zero-order valence-electron chi connectivity index (χ0n) is 8.19. The van der Waals surface area contributed by atoms with Crippen LogP contribution in [0.15, 0.2) is 10.5 Å². The molecule has 0 atom stereocenters. The summed E-state index contributed by atoms with van der Waals surface area (Å²) in [5, 5.41) is 17.2. The number of hydrogen-bond acceptors (Lipinski definition) is 5. The number of aromatic nitrogens is 1. The van der Waals surface area contributed by atoms with Crippen molar-refractivity contribution in [2.45, 2.75) is 26.3 Å². The first-order valence-corrected chi connectivity index (χ1v) is 5.17. The van der Waals surface area contributed by atoms with Gasteiger partial charge in [-0.15, -0.1) is 11.3 Å². The van der Waals surface area contributed by atoms with Crippen molar-refractivity contribution >= 4 is 22.3 Å². The molecule has 0 aliphatic carbocycles. The third-order valence-corrected chi connectivity index (χ3v) is 2.28. The van der Waals surface area contributed by atoms with Crippen molar-refractivity contribution < 1.29 is 5.21 Å². The van der Waals surface area contributed by atoms with Crippen LogP contribution in [0.5, 0.6) is 0 Å². The van der Waals surface area contributed by atoms with Crippen LogP contribution in [0.4, 0.5) is 5.13 Å². The summed E-state index contributed by atoms with van der Waals surface area (Å²) in [5.41, 5.74) is 6.17. The van der Waals surface area contributed by atoms with Crippen molar-refractivity contribution in [3.8, 4) is 0 Å². The topological polar surface area (TPSA) is 83.5 Å². The standard InChI is InChI=1S/C8H14N4OS/c1-5(2)10-8-11-6(4-14-8)3-7(9)12-13/h4-5,13H,3H2,1-2H3,(H2,9,12)(H,10,11). The Morgan fingerprint density at radius 3 is 3.07 bits per heavy atom. The number of nitrogens with one attached hydrogen (secondary N) is 1. The molecular weight excluding hydrogens is 200 g/mol. The minimum atomic E-state index is 0.173. The van der Waals surface area contributed by atoms with Gasteiger partial charge in [0, 0.05) is 11.4 Å². The minimum Gasteiger partial charge on any atom is -0.409 e. The van der Waals surface area contributed by atoms with Gasteiger partial charge in [0.15, 0.2) is 5.13 Å². The molecule has 0 aliphatic heterocycles. The fraction of sp³-hybridized carbons (Fsp3) is 0.500. The monoisotopic (exact) mass is 214 g/mol. The van der Waals surface area contributed by atoms with E-state index in [0.29, 0.717) is 12.5 Å². The van der Waals surface area contributed by atoms with Crippen molar-refractivity contribution in [3.05, 3.63) is 11.1 Å². The molecular formula is C8H14N4OS. The van der Waals surface area contributed by atoms with Gasteiger partial charge in [-0.25, -0.2) is 4.98 Å². The van der Waals surface area contributed by atoms with Gasteiger partial charge in [-0.05, 0) is 13.8 Å². The number of hydrogen-bond donors (Lipinski definition) is 3. The normalized spacial score (nSPS) is 12.1. The first-order chi connectivity index (χ1) is 6.61. The van der Waals surface area contributed by atoms with Crippen LogP contribution in [0.25, 0.3) is 0 Å². The highest BCUT2D eigenvalue weighted by Crippen LogP contribution is 2.16. The summed E-state index contributed by atoms with van der Waals surface area (Å²) in [5.74, 6) is 0.173. The first-order valence-electron chi connectivity index (χ1n) is 4.29. The predicted octanol–water partition coefficient (Wildman–Crippen LogP) is 1.25. The average Bonchev–Trinajstić information content (AvgIpc) is 2.51. The van der Waals surface area contributed by atoms with E-state index in [0.717, 1.165) is 10.8 Å². The minimum absolute atomic E-state index is 0.173. The first kappa shape index (κ1) is 10.8. The molecule has 1 aromatic heterocycles. The van der Waals surface area contributed by atoms with Gasteiger partial charge in [-0.1, -0.05) is 5.16 Å². The largest absolute Gasteiger partial charge is 0.409 e. The van der Waals surface area contributed by atoms with E-state index in [2.05, 4.69) is 15.5 Å². The molecule has 0 bridgehead atoms. The smallest absolute Gasteiger partial charge is 0.183 e. The molecule has 0 amide bonds. The molecule has 1 heterocycles. The second-order valence-corrected chi connectivity index (χ2v) is 4.07. The van der Waals surface area contributed by atoms with Crippen molar-refractivity contribution in [3.63, 3.8) is 0 Å². The highest BCUT2D eigenvalue weighted by Gasteiger charge is 2.04. The second kappa shape index (κ2) is 4.80. The lowest BCUT2D eigenvalue weighted by Gasteiger charge is -2.04. The SMILES string of the molecule is CC(C)Nc1nc(C/C(N)=N/O)cs1. The Morgan fingerprint density at radius 2 is 2.50 bits per heavy atom. The summed E-state index contributed by atoms with van der Waals surface area (Å²) < 4.78 is 0. The van der Waals surface area contributed by atoms with Gasteiger partial charge in [0.05, 0.1) is 12.1 Å². The Hall–Kier alpha value is -1.30. The molecule has 6 heteroatoms. The van der Waals surface area contributed by atoms with Crippen molar-refractivity contribution in [1.82, 2.24) is 4.98 Å².